The second-order valence-corrected chi connectivity index (χ2v) is 5.83. The Hall–Kier alpha value is -1.94. The van der Waals surface area contributed by atoms with E-state index in [1.807, 2.05) is 47.4 Å². The maximum absolute atomic E-state index is 12.3. The summed E-state index contributed by atoms with van der Waals surface area (Å²) in [5.41, 5.74) is 8.79. The van der Waals surface area contributed by atoms with Crippen molar-refractivity contribution in [2.24, 2.45) is 0 Å². The molecule has 0 unspecified atom stereocenters. The third-order valence-electron chi connectivity index (χ3n) is 3.41. The first-order valence-corrected chi connectivity index (χ1v) is 7.59. The van der Waals surface area contributed by atoms with E-state index in [0.29, 0.717) is 5.75 Å². The Kier molecular flexibility index (Phi) is 3.65. The molecule has 0 aromatic heterocycles. The van der Waals surface area contributed by atoms with Gasteiger partial charge in [-0.25, -0.2) is 0 Å². The highest BCUT2D eigenvalue weighted by Crippen LogP contribution is 2.29. The van der Waals surface area contributed by atoms with E-state index in [9.17, 15) is 4.79 Å². The van der Waals surface area contributed by atoms with Crippen LogP contribution in [-0.2, 0) is 11.2 Å². The zero-order chi connectivity index (χ0) is 13.9. The largest absolute Gasteiger partial charge is 0.399 e. The standard InChI is InChI=1S/C16H16N2OS/c17-13-5-3-6-14(10-13)20-11-16(19)18-9-8-12-4-1-2-7-15(12)18/h1-7,10H,8-9,11,17H2. The second-order valence-electron chi connectivity index (χ2n) is 4.79. The normalized spacial score (nSPS) is 13.3. The van der Waals surface area contributed by atoms with Crippen LogP contribution in [0, 0.1) is 0 Å². The van der Waals surface area contributed by atoms with Gasteiger partial charge in [-0.1, -0.05) is 24.3 Å². The molecule has 3 nitrogen and oxygen atoms in total. The summed E-state index contributed by atoms with van der Waals surface area (Å²) in [5, 5.41) is 0. The minimum Gasteiger partial charge on any atom is -0.399 e. The second kappa shape index (κ2) is 5.59. The van der Waals surface area contributed by atoms with Crippen molar-refractivity contribution < 1.29 is 4.79 Å². The topological polar surface area (TPSA) is 46.3 Å². The van der Waals surface area contributed by atoms with Gasteiger partial charge in [-0.2, -0.15) is 0 Å². The fourth-order valence-electron chi connectivity index (χ4n) is 2.42. The van der Waals surface area contributed by atoms with E-state index in [0.717, 1.165) is 29.2 Å². The molecule has 4 heteroatoms. The number of para-hydroxylation sites is 1. The summed E-state index contributed by atoms with van der Waals surface area (Å²) in [6.07, 6.45) is 0.949. The van der Waals surface area contributed by atoms with E-state index < -0.39 is 0 Å². The molecule has 102 valence electrons. The van der Waals surface area contributed by atoms with Crippen LogP contribution < -0.4 is 10.6 Å². The zero-order valence-electron chi connectivity index (χ0n) is 11.1. The van der Waals surface area contributed by atoms with Gasteiger partial charge in [0.25, 0.3) is 0 Å². The molecular weight excluding hydrogens is 268 g/mol. The number of nitrogens with two attached hydrogens (primary N) is 1. The number of amides is 1. The van der Waals surface area contributed by atoms with Crippen molar-refractivity contribution >= 4 is 29.0 Å². The Balaban J connectivity index is 1.66. The smallest absolute Gasteiger partial charge is 0.237 e. The molecule has 0 radical (unpaired) electrons. The van der Waals surface area contributed by atoms with Crippen LogP contribution in [0.15, 0.2) is 53.4 Å². The lowest BCUT2D eigenvalue weighted by Crippen LogP contribution is -2.30. The molecule has 1 amide bonds. The van der Waals surface area contributed by atoms with E-state index in [-0.39, 0.29) is 5.91 Å². The van der Waals surface area contributed by atoms with E-state index in [1.54, 1.807) is 0 Å². The highest BCUT2D eigenvalue weighted by molar-refractivity contribution is 8.00. The highest BCUT2D eigenvalue weighted by atomic mass is 32.2. The summed E-state index contributed by atoms with van der Waals surface area (Å²) in [4.78, 5) is 15.3. The maximum atomic E-state index is 12.3. The number of fused-ring (bicyclic) bond motifs is 1. The fourth-order valence-corrected chi connectivity index (χ4v) is 3.26. The fraction of sp³-hybridized carbons (Fsp3) is 0.188. The van der Waals surface area contributed by atoms with Gasteiger partial charge in [0.2, 0.25) is 5.91 Å². The number of rotatable bonds is 3. The summed E-state index contributed by atoms with van der Waals surface area (Å²) in [6.45, 7) is 0.787. The molecule has 1 aliphatic rings. The minimum atomic E-state index is 0.155. The van der Waals surface area contributed by atoms with Crippen LogP contribution in [0.2, 0.25) is 0 Å². The van der Waals surface area contributed by atoms with Crippen LogP contribution in [0.1, 0.15) is 5.56 Å². The van der Waals surface area contributed by atoms with Gasteiger partial charge in [0.05, 0.1) is 5.75 Å². The van der Waals surface area contributed by atoms with Crippen LogP contribution in [0.4, 0.5) is 11.4 Å². The Morgan fingerprint density at radius 2 is 2.05 bits per heavy atom. The van der Waals surface area contributed by atoms with Gasteiger partial charge in [-0.15, -0.1) is 11.8 Å². The van der Waals surface area contributed by atoms with Crippen molar-refractivity contribution in [2.75, 3.05) is 22.9 Å². The lowest BCUT2D eigenvalue weighted by Gasteiger charge is -2.17. The maximum Gasteiger partial charge on any atom is 0.237 e. The highest BCUT2D eigenvalue weighted by Gasteiger charge is 2.23. The molecular formula is C16H16N2OS. The van der Waals surface area contributed by atoms with E-state index >= 15 is 0 Å². The molecule has 2 aromatic carbocycles. The molecule has 0 bridgehead atoms. The molecule has 1 aliphatic heterocycles. The summed E-state index contributed by atoms with van der Waals surface area (Å²) < 4.78 is 0. The van der Waals surface area contributed by atoms with Crippen molar-refractivity contribution in [1.82, 2.24) is 0 Å². The Bertz CT molecular complexity index is 642. The van der Waals surface area contributed by atoms with Crippen LogP contribution in [0.25, 0.3) is 0 Å². The number of thioether (sulfide) groups is 1. The first-order chi connectivity index (χ1) is 9.74. The van der Waals surface area contributed by atoms with Gasteiger partial charge in [0, 0.05) is 22.8 Å². The monoisotopic (exact) mass is 284 g/mol. The molecule has 0 atom stereocenters. The molecule has 0 saturated carbocycles. The van der Waals surface area contributed by atoms with E-state index in [4.69, 9.17) is 5.73 Å². The number of carbonyl (C=O) groups is 1. The van der Waals surface area contributed by atoms with Crippen molar-refractivity contribution in [2.45, 2.75) is 11.3 Å². The lowest BCUT2D eigenvalue weighted by atomic mass is 10.2. The Morgan fingerprint density at radius 1 is 1.20 bits per heavy atom. The molecule has 20 heavy (non-hydrogen) atoms. The molecule has 0 fully saturated rings. The number of hydrogen-bond donors (Lipinski definition) is 1. The van der Waals surface area contributed by atoms with Crippen molar-refractivity contribution in [3.63, 3.8) is 0 Å². The van der Waals surface area contributed by atoms with Gasteiger partial charge in [0.1, 0.15) is 0 Å². The van der Waals surface area contributed by atoms with E-state index in [2.05, 4.69) is 6.07 Å². The van der Waals surface area contributed by atoms with Crippen LogP contribution in [-0.4, -0.2) is 18.2 Å². The third kappa shape index (κ3) is 2.65. The number of nitrogens with zero attached hydrogens (tertiary/aromatic N) is 1. The number of hydrogen-bond acceptors (Lipinski definition) is 3. The van der Waals surface area contributed by atoms with Gasteiger partial charge in [-0.05, 0) is 36.2 Å². The van der Waals surface area contributed by atoms with Crippen molar-refractivity contribution in [3.05, 3.63) is 54.1 Å². The summed E-state index contributed by atoms with van der Waals surface area (Å²) in [6, 6.07) is 15.8. The lowest BCUT2D eigenvalue weighted by molar-refractivity contribution is -0.116. The summed E-state index contributed by atoms with van der Waals surface area (Å²) in [7, 11) is 0. The average molecular weight is 284 g/mol. The molecule has 2 aromatic rings. The van der Waals surface area contributed by atoms with Crippen LogP contribution in [0.3, 0.4) is 0 Å². The molecule has 1 heterocycles. The Morgan fingerprint density at radius 3 is 2.90 bits per heavy atom. The van der Waals surface area contributed by atoms with Crippen LogP contribution >= 0.6 is 11.8 Å². The molecule has 0 saturated heterocycles. The zero-order valence-corrected chi connectivity index (χ0v) is 11.9. The third-order valence-corrected chi connectivity index (χ3v) is 4.39. The molecule has 2 N–H and O–H groups in total. The number of carbonyl (C=O) groups excluding carboxylic acids is 1. The predicted octanol–water partition coefficient (Wildman–Crippen LogP) is 2.95. The van der Waals surface area contributed by atoms with Gasteiger partial charge in [-0.3, -0.25) is 4.79 Å². The first kappa shape index (κ1) is 13.1. The van der Waals surface area contributed by atoms with Crippen molar-refractivity contribution in [1.29, 1.82) is 0 Å². The quantitative estimate of drug-likeness (QED) is 0.696. The number of nitrogen functional groups attached to an aromatic ring is 1. The van der Waals surface area contributed by atoms with Gasteiger partial charge >= 0.3 is 0 Å². The molecule has 0 spiro atoms. The van der Waals surface area contributed by atoms with E-state index in [1.165, 1.54) is 17.3 Å². The molecule has 3 rings (SSSR count). The summed E-state index contributed by atoms with van der Waals surface area (Å²) in [5.74, 6) is 0.597. The number of benzene rings is 2. The van der Waals surface area contributed by atoms with Gasteiger partial charge in [0.15, 0.2) is 0 Å². The summed E-state index contributed by atoms with van der Waals surface area (Å²) >= 11 is 1.53. The minimum absolute atomic E-state index is 0.155. The molecule has 0 aliphatic carbocycles. The van der Waals surface area contributed by atoms with Crippen molar-refractivity contribution in [3.8, 4) is 0 Å². The number of anilines is 2. The Labute approximate surface area is 122 Å². The first-order valence-electron chi connectivity index (χ1n) is 6.60. The predicted molar refractivity (Wildman–Crippen MR) is 84.1 cm³/mol. The van der Waals surface area contributed by atoms with Gasteiger partial charge < -0.3 is 10.6 Å². The SMILES string of the molecule is Nc1cccc(SCC(=O)N2CCc3ccccc32)c1. The average Bonchev–Trinajstić information content (AvgIpc) is 2.89. The van der Waals surface area contributed by atoms with Crippen LogP contribution in [0.5, 0.6) is 0 Å².